The Bertz CT molecular complexity index is 836. The molecule has 1 saturated heterocycles. The van der Waals surface area contributed by atoms with Gasteiger partial charge in [-0.2, -0.15) is 4.98 Å². The van der Waals surface area contributed by atoms with Crippen molar-refractivity contribution in [1.29, 1.82) is 0 Å². The number of aromatic nitrogens is 3. The van der Waals surface area contributed by atoms with Gasteiger partial charge in [-0.1, -0.05) is 18.5 Å². The van der Waals surface area contributed by atoms with Crippen LogP contribution in [0.1, 0.15) is 25.3 Å². The summed E-state index contributed by atoms with van der Waals surface area (Å²) in [5, 5.41) is 3.67. The second-order valence-corrected chi connectivity index (χ2v) is 7.07. The fourth-order valence-corrected chi connectivity index (χ4v) is 3.57. The summed E-state index contributed by atoms with van der Waals surface area (Å²) >= 11 is 6.00. The highest BCUT2D eigenvalue weighted by atomic mass is 35.5. The third kappa shape index (κ3) is 4.16. The lowest BCUT2D eigenvalue weighted by Gasteiger charge is -2.31. The van der Waals surface area contributed by atoms with E-state index in [1.807, 2.05) is 19.1 Å². The van der Waals surface area contributed by atoms with Crippen LogP contribution in [-0.2, 0) is 11.3 Å². The minimum Gasteiger partial charge on any atom is -0.352 e. The normalized spacial score (nSPS) is 16.0. The molecule has 8 heteroatoms. The molecule has 1 aliphatic heterocycles. The third-order valence-corrected chi connectivity index (χ3v) is 5.09. The summed E-state index contributed by atoms with van der Waals surface area (Å²) in [4.78, 5) is 30.8. The SMILES string of the molecule is CCN1CCC(NC(=O)Cn2c(=O)ncn2-c2ccc(Cl)cc2C)CC1. The largest absolute Gasteiger partial charge is 0.364 e. The topological polar surface area (TPSA) is 72.2 Å². The summed E-state index contributed by atoms with van der Waals surface area (Å²) in [5.41, 5.74) is 1.22. The van der Waals surface area contributed by atoms with Crippen LogP contribution in [-0.4, -0.2) is 50.8 Å². The first-order valence-electron chi connectivity index (χ1n) is 8.90. The number of hydrogen-bond donors (Lipinski definition) is 1. The number of carbonyl (C=O) groups is 1. The molecule has 3 rings (SSSR count). The summed E-state index contributed by atoms with van der Waals surface area (Å²) in [6.45, 7) is 7.00. The Morgan fingerprint density at radius 1 is 1.35 bits per heavy atom. The maximum Gasteiger partial charge on any atom is 0.364 e. The number of hydrogen-bond acceptors (Lipinski definition) is 4. The van der Waals surface area contributed by atoms with Gasteiger partial charge in [0.05, 0.1) is 5.69 Å². The molecule has 0 unspecified atom stereocenters. The van der Waals surface area contributed by atoms with Gasteiger partial charge in [-0.3, -0.25) is 4.79 Å². The van der Waals surface area contributed by atoms with Crippen LogP contribution in [0.2, 0.25) is 5.02 Å². The quantitative estimate of drug-likeness (QED) is 0.859. The van der Waals surface area contributed by atoms with Crippen molar-refractivity contribution >= 4 is 17.5 Å². The van der Waals surface area contributed by atoms with Gasteiger partial charge in [0.1, 0.15) is 12.9 Å². The number of nitrogens with zero attached hydrogens (tertiary/aromatic N) is 4. The van der Waals surface area contributed by atoms with Crippen molar-refractivity contribution in [2.75, 3.05) is 19.6 Å². The van der Waals surface area contributed by atoms with Crippen LogP contribution in [0, 0.1) is 6.92 Å². The van der Waals surface area contributed by atoms with E-state index in [0.717, 1.165) is 43.7 Å². The van der Waals surface area contributed by atoms with Crippen molar-refractivity contribution in [1.82, 2.24) is 24.6 Å². The van der Waals surface area contributed by atoms with Crippen LogP contribution in [0.4, 0.5) is 0 Å². The predicted molar refractivity (Wildman–Crippen MR) is 101 cm³/mol. The summed E-state index contributed by atoms with van der Waals surface area (Å²) in [6, 6.07) is 5.54. The number of nitrogens with one attached hydrogen (secondary N) is 1. The first-order valence-corrected chi connectivity index (χ1v) is 9.28. The van der Waals surface area contributed by atoms with Crippen molar-refractivity contribution in [3.05, 3.63) is 45.6 Å². The number of halogens is 1. The zero-order valence-corrected chi connectivity index (χ0v) is 15.9. The standard InChI is InChI=1S/C18H24ClN5O2/c1-3-22-8-6-15(7-9-22)21-17(25)11-23-18(26)20-12-24(23)16-5-4-14(19)10-13(16)2/h4-5,10,12,15H,3,6-9,11H2,1-2H3,(H,21,25). The molecule has 1 aromatic heterocycles. The highest BCUT2D eigenvalue weighted by molar-refractivity contribution is 6.30. The molecule has 140 valence electrons. The van der Waals surface area contributed by atoms with E-state index >= 15 is 0 Å². The van der Waals surface area contributed by atoms with Crippen molar-refractivity contribution < 1.29 is 4.79 Å². The Hall–Kier alpha value is -2.12. The Kier molecular flexibility index (Phi) is 5.78. The minimum atomic E-state index is -0.449. The second kappa shape index (κ2) is 8.05. The lowest BCUT2D eigenvalue weighted by Crippen LogP contribution is -2.46. The van der Waals surface area contributed by atoms with E-state index in [2.05, 4.69) is 22.1 Å². The molecule has 0 bridgehead atoms. The van der Waals surface area contributed by atoms with Gasteiger partial charge >= 0.3 is 5.69 Å². The average molecular weight is 378 g/mol. The molecule has 1 aromatic carbocycles. The lowest BCUT2D eigenvalue weighted by molar-refractivity contribution is -0.123. The van der Waals surface area contributed by atoms with E-state index in [0.29, 0.717) is 5.02 Å². The highest BCUT2D eigenvalue weighted by Gasteiger charge is 2.20. The van der Waals surface area contributed by atoms with E-state index in [9.17, 15) is 9.59 Å². The molecule has 1 amide bonds. The van der Waals surface area contributed by atoms with Crippen LogP contribution in [0.25, 0.3) is 5.69 Å². The fraction of sp³-hybridized carbons (Fsp3) is 0.500. The number of amides is 1. The molecule has 0 aliphatic carbocycles. The molecule has 2 aromatic rings. The maximum absolute atomic E-state index is 12.5. The van der Waals surface area contributed by atoms with Gasteiger partial charge in [0, 0.05) is 24.2 Å². The number of carbonyl (C=O) groups excluding carboxylic acids is 1. The fourth-order valence-electron chi connectivity index (χ4n) is 3.34. The number of aryl methyl sites for hydroxylation is 1. The van der Waals surface area contributed by atoms with Gasteiger partial charge in [0.25, 0.3) is 0 Å². The lowest BCUT2D eigenvalue weighted by atomic mass is 10.1. The highest BCUT2D eigenvalue weighted by Crippen LogP contribution is 2.18. The molecule has 1 fully saturated rings. The zero-order chi connectivity index (χ0) is 18.7. The maximum atomic E-state index is 12.5. The van der Waals surface area contributed by atoms with Crippen molar-refractivity contribution in [3.63, 3.8) is 0 Å². The van der Waals surface area contributed by atoms with Gasteiger partial charge in [-0.15, -0.1) is 0 Å². The molecule has 0 spiro atoms. The predicted octanol–water partition coefficient (Wildman–Crippen LogP) is 1.60. The third-order valence-electron chi connectivity index (χ3n) is 4.86. The van der Waals surface area contributed by atoms with E-state index in [-0.39, 0.29) is 18.5 Å². The summed E-state index contributed by atoms with van der Waals surface area (Å²) in [5.74, 6) is -0.171. The van der Waals surface area contributed by atoms with Gasteiger partial charge in [0.15, 0.2) is 0 Å². The van der Waals surface area contributed by atoms with Crippen molar-refractivity contribution in [3.8, 4) is 5.69 Å². The number of likely N-dealkylation sites (tertiary alicyclic amines) is 1. The molecule has 0 radical (unpaired) electrons. The van der Waals surface area contributed by atoms with Gasteiger partial charge in [-0.05, 0) is 50.1 Å². The van der Waals surface area contributed by atoms with Crippen LogP contribution >= 0.6 is 11.6 Å². The Balaban J connectivity index is 1.71. The second-order valence-electron chi connectivity index (χ2n) is 6.64. The Labute approximate surface area is 157 Å². The van der Waals surface area contributed by atoms with E-state index < -0.39 is 5.69 Å². The molecule has 2 heterocycles. The Morgan fingerprint density at radius 2 is 2.08 bits per heavy atom. The van der Waals surface area contributed by atoms with E-state index in [4.69, 9.17) is 11.6 Å². The number of benzene rings is 1. The Morgan fingerprint density at radius 3 is 2.73 bits per heavy atom. The first-order chi connectivity index (χ1) is 12.5. The summed E-state index contributed by atoms with van der Waals surface area (Å²) < 4.78 is 2.94. The van der Waals surface area contributed by atoms with Gasteiger partial charge in [-0.25, -0.2) is 14.2 Å². The van der Waals surface area contributed by atoms with Crippen molar-refractivity contribution in [2.24, 2.45) is 0 Å². The molecule has 0 saturated carbocycles. The molecule has 1 N–H and O–H groups in total. The number of piperidine rings is 1. The molecule has 7 nitrogen and oxygen atoms in total. The van der Waals surface area contributed by atoms with Gasteiger partial charge in [0.2, 0.25) is 5.91 Å². The van der Waals surface area contributed by atoms with Crippen LogP contribution in [0.15, 0.2) is 29.3 Å². The average Bonchev–Trinajstić information content (AvgIpc) is 2.96. The summed E-state index contributed by atoms with van der Waals surface area (Å²) in [7, 11) is 0. The minimum absolute atomic E-state index is 0.0606. The monoisotopic (exact) mass is 377 g/mol. The molecule has 1 aliphatic rings. The van der Waals surface area contributed by atoms with E-state index in [1.165, 1.54) is 11.0 Å². The van der Waals surface area contributed by atoms with Crippen LogP contribution in [0.5, 0.6) is 0 Å². The summed E-state index contributed by atoms with van der Waals surface area (Å²) in [6.07, 6.45) is 3.31. The van der Waals surface area contributed by atoms with Crippen LogP contribution < -0.4 is 11.0 Å². The number of rotatable bonds is 5. The molecular formula is C18H24ClN5O2. The van der Waals surface area contributed by atoms with Gasteiger partial charge < -0.3 is 10.2 Å². The van der Waals surface area contributed by atoms with Crippen LogP contribution in [0.3, 0.4) is 0 Å². The zero-order valence-electron chi connectivity index (χ0n) is 15.1. The van der Waals surface area contributed by atoms with E-state index in [1.54, 1.807) is 10.7 Å². The molecule has 26 heavy (non-hydrogen) atoms. The smallest absolute Gasteiger partial charge is 0.352 e. The van der Waals surface area contributed by atoms with Crippen molar-refractivity contribution in [2.45, 2.75) is 39.3 Å². The molecular weight excluding hydrogens is 354 g/mol. The molecule has 0 atom stereocenters. The first kappa shape index (κ1) is 18.7.